The van der Waals surface area contributed by atoms with Gasteiger partial charge in [0.15, 0.2) is 0 Å². The van der Waals surface area contributed by atoms with E-state index < -0.39 is 0 Å². The zero-order valence-corrected chi connectivity index (χ0v) is 8.92. The van der Waals surface area contributed by atoms with Crippen molar-refractivity contribution in [2.45, 2.75) is 6.92 Å². The number of benzene rings is 1. The average Bonchev–Trinajstić information content (AvgIpc) is 2.19. The first-order valence-electron chi connectivity index (χ1n) is 4.22. The standard InChI is InChI=1S/C7H7NO.C2H5NO.CH3NO/c8-7(9)6-4-2-1-3-5-6;1-2(3)4;2-1-3/h1-5H,(H2,8,9);1H3,(H2,3,4);1H,(H2,2,3). The summed E-state index contributed by atoms with van der Waals surface area (Å²) in [6, 6.07) is 8.76. The highest BCUT2D eigenvalue weighted by Crippen LogP contribution is 1.94. The Kier molecular flexibility index (Phi) is 10.8. The molecule has 0 heterocycles. The molecule has 0 saturated carbocycles. The first-order valence-corrected chi connectivity index (χ1v) is 4.22. The van der Waals surface area contributed by atoms with Gasteiger partial charge in [0.05, 0.1) is 0 Å². The second-order valence-electron chi connectivity index (χ2n) is 2.48. The molecule has 0 unspecified atom stereocenters. The molecule has 6 nitrogen and oxygen atoms in total. The lowest BCUT2D eigenvalue weighted by Crippen LogP contribution is -2.09. The van der Waals surface area contributed by atoms with E-state index in [9.17, 15) is 9.59 Å². The van der Waals surface area contributed by atoms with Gasteiger partial charge in [-0.2, -0.15) is 0 Å². The highest BCUT2D eigenvalue weighted by Gasteiger charge is 1.93. The van der Waals surface area contributed by atoms with E-state index in [-0.39, 0.29) is 18.2 Å². The molecular weight excluding hydrogens is 210 g/mol. The van der Waals surface area contributed by atoms with Gasteiger partial charge in [0, 0.05) is 12.5 Å². The number of nitrogens with two attached hydrogens (primary N) is 3. The Morgan fingerprint density at radius 2 is 1.44 bits per heavy atom. The molecule has 0 aliphatic heterocycles. The number of primary amides is 3. The van der Waals surface area contributed by atoms with Crippen molar-refractivity contribution in [1.82, 2.24) is 0 Å². The smallest absolute Gasteiger partial charge is 0.248 e. The van der Waals surface area contributed by atoms with E-state index in [1.54, 1.807) is 24.3 Å². The van der Waals surface area contributed by atoms with Gasteiger partial charge in [-0.3, -0.25) is 14.4 Å². The summed E-state index contributed by atoms with van der Waals surface area (Å²) in [5.74, 6) is -0.712. The summed E-state index contributed by atoms with van der Waals surface area (Å²) >= 11 is 0. The summed E-state index contributed by atoms with van der Waals surface area (Å²) < 4.78 is 0. The molecule has 0 radical (unpaired) electrons. The van der Waals surface area contributed by atoms with Gasteiger partial charge in [-0.25, -0.2) is 0 Å². The Morgan fingerprint density at radius 3 is 1.62 bits per heavy atom. The molecule has 0 spiro atoms. The predicted octanol–water partition coefficient (Wildman–Crippen LogP) is -0.621. The second kappa shape index (κ2) is 10.7. The molecule has 1 rings (SSSR count). The minimum Gasteiger partial charge on any atom is -0.372 e. The first-order chi connectivity index (χ1) is 7.45. The fourth-order valence-electron chi connectivity index (χ4n) is 0.602. The Bertz CT molecular complexity index is 321. The van der Waals surface area contributed by atoms with Crippen molar-refractivity contribution in [3.05, 3.63) is 35.9 Å². The molecule has 0 aliphatic carbocycles. The van der Waals surface area contributed by atoms with Crippen molar-refractivity contribution in [2.75, 3.05) is 0 Å². The van der Waals surface area contributed by atoms with Gasteiger partial charge in [-0.05, 0) is 12.1 Å². The molecule has 1 aromatic carbocycles. The molecule has 1 aromatic rings. The van der Waals surface area contributed by atoms with Crippen LogP contribution in [-0.4, -0.2) is 18.2 Å². The largest absolute Gasteiger partial charge is 0.372 e. The van der Waals surface area contributed by atoms with Crippen molar-refractivity contribution in [1.29, 1.82) is 0 Å². The monoisotopic (exact) mass is 225 g/mol. The zero-order valence-electron chi connectivity index (χ0n) is 8.92. The molecule has 0 aromatic heterocycles. The third-order valence-electron chi connectivity index (χ3n) is 1.06. The minimum atomic E-state index is -0.379. The van der Waals surface area contributed by atoms with Crippen LogP contribution in [0.5, 0.6) is 0 Å². The summed E-state index contributed by atoms with van der Waals surface area (Å²) in [4.78, 5) is 28.2. The van der Waals surface area contributed by atoms with Crippen molar-refractivity contribution in [3.63, 3.8) is 0 Å². The average molecular weight is 225 g/mol. The lowest BCUT2D eigenvalue weighted by atomic mass is 10.2. The lowest BCUT2D eigenvalue weighted by molar-refractivity contribution is -0.116. The van der Waals surface area contributed by atoms with Gasteiger partial charge in [-0.15, -0.1) is 0 Å². The predicted molar refractivity (Wildman–Crippen MR) is 60.1 cm³/mol. The maximum absolute atomic E-state index is 10.4. The summed E-state index contributed by atoms with van der Waals surface area (Å²) in [7, 11) is 0. The molecule has 3 amide bonds. The van der Waals surface area contributed by atoms with Crippen LogP contribution in [0, 0.1) is 0 Å². The summed E-state index contributed by atoms with van der Waals surface area (Å²) in [6.07, 6.45) is 0.250. The van der Waals surface area contributed by atoms with E-state index >= 15 is 0 Å². The fraction of sp³-hybridized carbons (Fsp3) is 0.100. The van der Waals surface area contributed by atoms with Gasteiger partial charge >= 0.3 is 0 Å². The minimum absolute atomic E-state index is 0.250. The van der Waals surface area contributed by atoms with E-state index in [0.717, 1.165) is 0 Å². The quantitative estimate of drug-likeness (QED) is 0.550. The highest BCUT2D eigenvalue weighted by molar-refractivity contribution is 5.92. The fourth-order valence-corrected chi connectivity index (χ4v) is 0.602. The number of carbonyl (C=O) groups is 3. The van der Waals surface area contributed by atoms with Gasteiger partial charge < -0.3 is 17.2 Å². The van der Waals surface area contributed by atoms with E-state index in [1.165, 1.54) is 6.92 Å². The van der Waals surface area contributed by atoms with Crippen LogP contribution in [0.1, 0.15) is 17.3 Å². The van der Waals surface area contributed by atoms with Crippen molar-refractivity contribution in [3.8, 4) is 0 Å². The maximum Gasteiger partial charge on any atom is 0.248 e. The summed E-state index contributed by atoms with van der Waals surface area (Å²) in [6.45, 7) is 1.31. The maximum atomic E-state index is 10.4. The first kappa shape index (κ1) is 16.1. The molecule has 0 fully saturated rings. The molecule has 88 valence electrons. The van der Waals surface area contributed by atoms with Crippen LogP contribution < -0.4 is 17.2 Å². The summed E-state index contributed by atoms with van der Waals surface area (Å²) in [5.41, 5.74) is 14.2. The normalized spacial score (nSPS) is 7.31. The Balaban J connectivity index is 0. The summed E-state index contributed by atoms with van der Waals surface area (Å²) in [5, 5.41) is 0. The van der Waals surface area contributed by atoms with Crippen molar-refractivity contribution >= 4 is 18.2 Å². The van der Waals surface area contributed by atoms with E-state index in [0.29, 0.717) is 5.56 Å². The van der Waals surface area contributed by atoms with Crippen molar-refractivity contribution in [2.24, 2.45) is 17.2 Å². The third-order valence-corrected chi connectivity index (χ3v) is 1.06. The Labute approximate surface area is 93.4 Å². The van der Waals surface area contributed by atoms with Gasteiger partial charge in [0.2, 0.25) is 18.2 Å². The van der Waals surface area contributed by atoms with Gasteiger partial charge in [0.1, 0.15) is 0 Å². The zero-order chi connectivity index (χ0) is 13.0. The van der Waals surface area contributed by atoms with Crippen LogP contribution in [0.2, 0.25) is 0 Å². The number of amides is 3. The number of rotatable bonds is 1. The number of carbonyl (C=O) groups excluding carboxylic acids is 3. The molecule has 0 saturated heterocycles. The van der Waals surface area contributed by atoms with Gasteiger partial charge in [-0.1, -0.05) is 18.2 Å². The second-order valence-corrected chi connectivity index (χ2v) is 2.48. The third kappa shape index (κ3) is 14.2. The number of hydrogen-bond donors (Lipinski definition) is 3. The highest BCUT2D eigenvalue weighted by atomic mass is 16.1. The topological polar surface area (TPSA) is 129 Å². The molecule has 0 bridgehead atoms. The lowest BCUT2D eigenvalue weighted by Gasteiger charge is -1.89. The van der Waals surface area contributed by atoms with E-state index in [1.807, 2.05) is 6.07 Å². The molecule has 6 heteroatoms. The van der Waals surface area contributed by atoms with E-state index in [4.69, 9.17) is 10.5 Å². The Morgan fingerprint density at radius 1 is 1.12 bits per heavy atom. The Hall–Kier alpha value is -2.37. The molecule has 6 N–H and O–H groups in total. The van der Waals surface area contributed by atoms with Crippen LogP contribution in [-0.2, 0) is 9.59 Å². The van der Waals surface area contributed by atoms with Crippen LogP contribution in [0.3, 0.4) is 0 Å². The van der Waals surface area contributed by atoms with Crippen LogP contribution in [0.15, 0.2) is 30.3 Å². The van der Waals surface area contributed by atoms with Crippen LogP contribution >= 0.6 is 0 Å². The van der Waals surface area contributed by atoms with Gasteiger partial charge in [0.25, 0.3) is 0 Å². The van der Waals surface area contributed by atoms with Crippen LogP contribution in [0.4, 0.5) is 0 Å². The molecule has 16 heavy (non-hydrogen) atoms. The van der Waals surface area contributed by atoms with E-state index in [2.05, 4.69) is 11.5 Å². The molecule has 0 aliphatic rings. The molecule has 0 atom stereocenters. The SMILES string of the molecule is CC(N)=O.NC(=O)c1ccccc1.NC=O. The molecular formula is C10H15N3O3. The van der Waals surface area contributed by atoms with Crippen LogP contribution in [0.25, 0.3) is 0 Å². The number of hydrogen-bond acceptors (Lipinski definition) is 3. The van der Waals surface area contributed by atoms with Crippen molar-refractivity contribution < 1.29 is 14.4 Å².